The summed E-state index contributed by atoms with van der Waals surface area (Å²) in [5.74, 6) is 0.955. The first-order valence-corrected chi connectivity index (χ1v) is 4.17. The van der Waals surface area contributed by atoms with Gasteiger partial charge in [-0.2, -0.15) is 5.10 Å². The number of piperazine rings is 1. The van der Waals surface area contributed by atoms with Crippen LogP contribution < -0.4 is 10.7 Å². The van der Waals surface area contributed by atoms with E-state index in [4.69, 9.17) is 0 Å². The number of rotatable bonds is 2. The second-order valence-electron chi connectivity index (χ2n) is 2.82. The fourth-order valence-electron chi connectivity index (χ4n) is 1.27. The van der Waals surface area contributed by atoms with Crippen LogP contribution in [0.4, 0.5) is 5.82 Å². The van der Waals surface area contributed by atoms with Crippen molar-refractivity contribution in [1.29, 1.82) is 0 Å². The highest BCUT2D eigenvalue weighted by atomic mass is 15.5. The van der Waals surface area contributed by atoms with Gasteiger partial charge in [0.25, 0.3) is 0 Å². The van der Waals surface area contributed by atoms with E-state index in [0.29, 0.717) is 0 Å². The molecule has 5 nitrogen and oxygen atoms in total. The van der Waals surface area contributed by atoms with Gasteiger partial charge in [-0.25, -0.2) is 5.01 Å². The third kappa shape index (κ3) is 1.75. The van der Waals surface area contributed by atoms with Gasteiger partial charge < -0.3 is 10.7 Å². The third-order valence-corrected chi connectivity index (χ3v) is 1.90. The van der Waals surface area contributed by atoms with Crippen molar-refractivity contribution in [2.24, 2.45) is 0 Å². The second-order valence-corrected chi connectivity index (χ2v) is 2.82. The highest BCUT2D eigenvalue weighted by Crippen LogP contribution is 2.01. The molecule has 0 atom stereocenters. The van der Waals surface area contributed by atoms with Crippen LogP contribution in [0.15, 0.2) is 12.3 Å². The van der Waals surface area contributed by atoms with Crippen LogP contribution in [-0.4, -0.2) is 41.4 Å². The van der Waals surface area contributed by atoms with E-state index >= 15 is 0 Å². The maximum absolute atomic E-state index is 3.86. The van der Waals surface area contributed by atoms with Crippen LogP contribution in [0.1, 0.15) is 0 Å². The van der Waals surface area contributed by atoms with E-state index in [1.165, 1.54) is 0 Å². The SMILES string of the molecule is c1cc(NN2CCNCC2)[nH]n1. The van der Waals surface area contributed by atoms with Crippen molar-refractivity contribution in [2.45, 2.75) is 0 Å². The molecular formula is C7H13N5. The number of nitrogens with one attached hydrogen (secondary N) is 3. The Bertz CT molecular complexity index is 214. The van der Waals surface area contributed by atoms with Crippen molar-refractivity contribution < 1.29 is 0 Å². The fraction of sp³-hybridized carbons (Fsp3) is 0.571. The number of anilines is 1. The van der Waals surface area contributed by atoms with Crippen LogP contribution in [0.5, 0.6) is 0 Å². The Balaban J connectivity index is 1.86. The number of hydrazine groups is 1. The maximum atomic E-state index is 3.86. The quantitative estimate of drug-likeness (QED) is 0.563. The number of hydrogen-bond donors (Lipinski definition) is 3. The first-order chi connectivity index (χ1) is 5.95. The van der Waals surface area contributed by atoms with Crippen molar-refractivity contribution >= 4 is 5.82 Å². The molecule has 0 radical (unpaired) electrons. The number of aromatic nitrogens is 2. The lowest BCUT2D eigenvalue weighted by Crippen LogP contribution is -2.46. The Kier molecular flexibility index (Phi) is 2.24. The van der Waals surface area contributed by atoms with Gasteiger partial charge in [-0.05, 0) is 0 Å². The molecule has 0 saturated carbocycles. The summed E-state index contributed by atoms with van der Waals surface area (Å²) in [6.45, 7) is 4.14. The molecule has 1 aliphatic rings. The molecule has 1 aliphatic heterocycles. The standard InChI is InChI=1S/C7H13N5/c1-2-9-10-7(1)11-12-5-3-8-4-6-12/h1-2,8H,3-6H2,(H2,9,10,11). The summed E-state index contributed by atoms with van der Waals surface area (Å²) in [4.78, 5) is 0. The highest BCUT2D eigenvalue weighted by molar-refractivity contribution is 5.30. The average Bonchev–Trinajstić information content (AvgIpc) is 2.59. The monoisotopic (exact) mass is 167 g/mol. The first kappa shape index (κ1) is 7.57. The van der Waals surface area contributed by atoms with Gasteiger partial charge >= 0.3 is 0 Å². The van der Waals surface area contributed by atoms with Crippen molar-refractivity contribution in [3.05, 3.63) is 12.3 Å². The molecule has 2 heterocycles. The number of nitrogens with zero attached hydrogens (tertiary/aromatic N) is 2. The molecule has 0 bridgehead atoms. The van der Waals surface area contributed by atoms with Gasteiger partial charge in [-0.3, -0.25) is 5.10 Å². The fourth-order valence-corrected chi connectivity index (χ4v) is 1.27. The predicted octanol–water partition coefficient (Wildman–Crippen LogP) is -0.358. The molecular weight excluding hydrogens is 154 g/mol. The molecule has 0 amide bonds. The molecule has 1 saturated heterocycles. The second kappa shape index (κ2) is 3.55. The summed E-state index contributed by atoms with van der Waals surface area (Å²) >= 11 is 0. The minimum absolute atomic E-state index is 0.955. The Hall–Kier alpha value is -1.07. The molecule has 0 unspecified atom stereocenters. The summed E-state index contributed by atoms with van der Waals surface area (Å²) < 4.78 is 0. The number of hydrogen-bond acceptors (Lipinski definition) is 4. The highest BCUT2D eigenvalue weighted by Gasteiger charge is 2.08. The molecule has 1 aromatic rings. The normalized spacial score (nSPS) is 19.3. The molecule has 3 N–H and O–H groups in total. The zero-order chi connectivity index (χ0) is 8.23. The number of aromatic amines is 1. The van der Waals surface area contributed by atoms with E-state index in [9.17, 15) is 0 Å². The number of H-pyrrole nitrogens is 1. The van der Waals surface area contributed by atoms with E-state index in [0.717, 1.165) is 32.0 Å². The third-order valence-electron chi connectivity index (χ3n) is 1.90. The van der Waals surface area contributed by atoms with Crippen molar-refractivity contribution in [2.75, 3.05) is 31.6 Å². The van der Waals surface area contributed by atoms with E-state index in [1.807, 2.05) is 6.07 Å². The van der Waals surface area contributed by atoms with Gasteiger partial charge in [0.1, 0.15) is 5.82 Å². The Morgan fingerprint density at radius 3 is 2.92 bits per heavy atom. The van der Waals surface area contributed by atoms with Gasteiger partial charge in [0.2, 0.25) is 0 Å². The summed E-state index contributed by atoms with van der Waals surface area (Å²) in [6.07, 6.45) is 1.74. The molecule has 0 aromatic carbocycles. The summed E-state index contributed by atoms with van der Waals surface area (Å²) in [7, 11) is 0. The van der Waals surface area contributed by atoms with Crippen LogP contribution in [0.25, 0.3) is 0 Å². The smallest absolute Gasteiger partial charge is 0.135 e. The maximum Gasteiger partial charge on any atom is 0.135 e. The zero-order valence-corrected chi connectivity index (χ0v) is 6.88. The van der Waals surface area contributed by atoms with Crippen LogP contribution in [-0.2, 0) is 0 Å². The van der Waals surface area contributed by atoms with E-state index in [1.54, 1.807) is 6.20 Å². The van der Waals surface area contributed by atoms with Gasteiger partial charge in [-0.1, -0.05) is 0 Å². The van der Waals surface area contributed by atoms with Crippen LogP contribution in [0.3, 0.4) is 0 Å². The largest absolute Gasteiger partial charge is 0.314 e. The topological polar surface area (TPSA) is 56.0 Å². The van der Waals surface area contributed by atoms with E-state index in [-0.39, 0.29) is 0 Å². The van der Waals surface area contributed by atoms with Crippen molar-refractivity contribution in [3.8, 4) is 0 Å². The molecule has 1 fully saturated rings. The molecule has 2 rings (SSSR count). The zero-order valence-electron chi connectivity index (χ0n) is 6.88. The predicted molar refractivity (Wildman–Crippen MR) is 46.7 cm³/mol. The molecule has 1 aromatic heterocycles. The van der Waals surface area contributed by atoms with E-state index < -0.39 is 0 Å². The van der Waals surface area contributed by atoms with Crippen LogP contribution in [0.2, 0.25) is 0 Å². The Labute approximate surface area is 71.1 Å². The molecule has 0 spiro atoms. The van der Waals surface area contributed by atoms with Gasteiger partial charge in [0.15, 0.2) is 0 Å². The Morgan fingerprint density at radius 1 is 1.42 bits per heavy atom. The Morgan fingerprint density at radius 2 is 2.25 bits per heavy atom. The lowest BCUT2D eigenvalue weighted by Gasteiger charge is -2.27. The summed E-state index contributed by atoms with van der Waals surface area (Å²) in [5, 5.41) is 12.2. The van der Waals surface area contributed by atoms with Crippen molar-refractivity contribution in [1.82, 2.24) is 20.5 Å². The van der Waals surface area contributed by atoms with Crippen molar-refractivity contribution in [3.63, 3.8) is 0 Å². The van der Waals surface area contributed by atoms with Crippen LogP contribution >= 0.6 is 0 Å². The van der Waals surface area contributed by atoms with Gasteiger partial charge in [-0.15, -0.1) is 0 Å². The minimum Gasteiger partial charge on any atom is -0.314 e. The average molecular weight is 167 g/mol. The van der Waals surface area contributed by atoms with E-state index in [2.05, 4.69) is 25.9 Å². The van der Waals surface area contributed by atoms with Gasteiger partial charge in [0, 0.05) is 32.2 Å². The molecule has 66 valence electrons. The molecule has 12 heavy (non-hydrogen) atoms. The first-order valence-electron chi connectivity index (χ1n) is 4.17. The molecule has 5 heteroatoms. The minimum atomic E-state index is 0.955. The summed E-state index contributed by atoms with van der Waals surface area (Å²) in [5.41, 5.74) is 3.24. The van der Waals surface area contributed by atoms with Gasteiger partial charge in [0.05, 0.1) is 6.20 Å². The summed E-state index contributed by atoms with van der Waals surface area (Å²) in [6, 6.07) is 1.92. The lowest BCUT2D eigenvalue weighted by atomic mass is 10.4. The molecule has 0 aliphatic carbocycles. The lowest BCUT2D eigenvalue weighted by molar-refractivity contribution is 0.286. The van der Waals surface area contributed by atoms with Crippen LogP contribution in [0, 0.1) is 0 Å².